The molecule has 2 aliphatic heterocycles. The van der Waals surface area contributed by atoms with Crippen LogP contribution in [0.15, 0.2) is 65.7 Å². The number of rotatable bonds is 10. The van der Waals surface area contributed by atoms with E-state index >= 15 is 0 Å². The van der Waals surface area contributed by atoms with Gasteiger partial charge in [0, 0.05) is 68.2 Å². The number of benzene rings is 2. The van der Waals surface area contributed by atoms with E-state index in [1.807, 2.05) is 18.3 Å². The predicted molar refractivity (Wildman–Crippen MR) is 199 cm³/mol. The standard InChI is InChI=1S/C40H47N7O5/c1-52-36-24-34-28(23-33(36)38(41)49)25-46(42-34)31-8-4-26(5-9-31)16-18-43-19-21-44(22-20-43)29-10-6-27(7-11-29)32-14-15-37(48)47(39(32)50)35-3-2-17-45(40(35)51)30-12-13-30/h2-3,6-7,10-11,17,23-26,30-32H,4-5,8-9,12-16,18-22H2,1H3,(H2,41,49). The molecule has 2 saturated carbocycles. The van der Waals surface area contributed by atoms with Crippen LogP contribution >= 0.6 is 0 Å². The Morgan fingerprint density at radius 1 is 0.904 bits per heavy atom. The highest BCUT2D eigenvalue weighted by Gasteiger charge is 2.38. The van der Waals surface area contributed by atoms with Crippen LogP contribution in [0.4, 0.5) is 11.4 Å². The Hall–Kier alpha value is -4.97. The number of imide groups is 1. The molecule has 8 rings (SSSR count). The number of piperazine rings is 1. The number of aromatic nitrogens is 3. The number of ether oxygens (including phenoxy) is 1. The molecule has 4 heterocycles. The van der Waals surface area contributed by atoms with Crippen molar-refractivity contribution in [2.45, 2.75) is 75.8 Å². The van der Waals surface area contributed by atoms with E-state index < -0.39 is 11.8 Å². The first kappa shape index (κ1) is 34.1. The van der Waals surface area contributed by atoms with Crippen molar-refractivity contribution in [1.82, 2.24) is 19.2 Å². The molecule has 272 valence electrons. The largest absolute Gasteiger partial charge is 0.496 e. The number of nitrogens with two attached hydrogens (primary N) is 1. The van der Waals surface area contributed by atoms with Gasteiger partial charge in [0.05, 0.1) is 30.1 Å². The Morgan fingerprint density at radius 3 is 2.33 bits per heavy atom. The summed E-state index contributed by atoms with van der Waals surface area (Å²) in [6.07, 6.45) is 12.1. The maximum absolute atomic E-state index is 13.7. The molecular formula is C40H47N7O5. The highest BCUT2D eigenvalue weighted by Crippen LogP contribution is 2.37. The molecule has 2 N–H and O–H groups in total. The summed E-state index contributed by atoms with van der Waals surface area (Å²) in [5.41, 5.74) is 8.67. The van der Waals surface area contributed by atoms with Crippen molar-refractivity contribution in [3.8, 4) is 5.75 Å². The van der Waals surface area contributed by atoms with Crippen LogP contribution < -0.4 is 25.8 Å². The average molecular weight is 706 g/mol. The highest BCUT2D eigenvalue weighted by atomic mass is 16.5. The van der Waals surface area contributed by atoms with E-state index in [-0.39, 0.29) is 35.5 Å². The van der Waals surface area contributed by atoms with E-state index in [1.54, 1.807) is 35.0 Å². The molecule has 2 aromatic heterocycles. The third kappa shape index (κ3) is 6.71. The number of methoxy groups -OCH3 is 1. The Balaban J connectivity index is 0.812. The van der Waals surface area contributed by atoms with Crippen LogP contribution in [-0.4, -0.2) is 76.8 Å². The number of hydrogen-bond donors (Lipinski definition) is 1. The monoisotopic (exact) mass is 705 g/mol. The highest BCUT2D eigenvalue weighted by molar-refractivity contribution is 6.18. The Labute approximate surface area is 303 Å². The molecule has 0 spiro atoms. The average Bonchev–Trinajstić information content (AvgIpc) is 3.92. The van der Waals surface area contributed by atoms with Crippen LogP contribution in [0.5, 0.6) is 5.75 Å². The van der Waals surface area contributed by atoms with E-state index in [9.17, 15) is 19.2 Å². The van der Waals surface area contributed by atoms with Gasteiger partial charge in [-0.2, -0.15) is 5.10 Å². The second-order valence-corrected chi connectivity index (χ2v) is 15.0. The number of fused-ring (bicyclic) bond motifs is 1. The van der Waals surface area contributed by atoms with Gasteiger partial charge < -0.3 is 19.9 Å². The third-order valence-electron chi connectivity index (χ3n) is 11.7. The number of carbonyl (C=O) groups excluding carboxylic acids is 3. The predicted octanol–water partition coefficient (Wildman–Crippen LogP) is 5.02. The molecule has 3 amide bonds. The summed E-state index contributed by atoms with van der Waals surface area (Å²) >= 11 is 0. The smallest absolute Gasteiger partial charge is 0.275 e. The fourth-order valence-corrected chi connectivity index (χ4v) is 8.48. The van der Waals surface area contributed by atoms with Crippen molar-refractivity contribution in [2.75, 3.05) is 49.6 Å². The number of hydrogen-bond acceptors (Lipinski definition) is 8. The first-order valence-electron chi connectivity index (χ1n) is 18.8. The molecule has 12 heteroatoms. The van der Waals surface area contributed by atoms with Gasteiger partial charge in [0.25, 0.3) is 11.5 Å². The van der Waals surface area contributed by atoms with Gasteiger partial charge in [0.2, 0.25) is 11.8 Å². The van der Waals surface area contributed by atoms with Crippen LogP contribution in [0, 0.1) is 5.92 Å². The number of nitrogens with zero attached hydrogens (tertiary/aromatic N) is 6. The first-order chi connectivity index (χ1) is 25.3. The lowest BCUT2D eigenvalue weighted by atomic mass is 9.84. The van der Waals surface area contributed by atoms with E-state index in [0.29, 0.717) is 29.7 Å². The summed E-state index contributed by atoms with van der Waals surface area (Å²) in [5.74, 6) is -0.404. The van der Waals surface area contributed by atoms with E-state index in [2.05, 4.69) is 26.6 Å². The second-order valence-electron chi connectivity index (χ2n) is 15.0. The van der Waals surface area contributed by atoms with Crippen LogP contribution in [0.3, 0.4) is 0 Å². The maximum atomic E-state index is 13.7. The molecule has 12 nitrogen and oxygen atoms in total. The first-order valence-corrected chi connectivity index (χ1v) is 18.8. The van der Waals surface area contributed by atoms with Crippen molar-refractivity contribution in [3.05, 3.63) is 82.4 Å². The zero-order valence-corrected chi connectivity index (χ0v) is 29.8. The number of amides is 3. The lowest BCUT2D eigenvalue weighted by Crippen LogP contribution is -2.47. The summed E-state index contributed by atoms with van der Waals surface area (Å²) in [6, 6.07) is 15.7. The van der Waals surface area contributed by atoms with Crippen molar-refractivity contribution in [3.63, 3.8) is 0 Å². The molecule has 0 radical (unpaired) electrons. The summed E-state index contributed by atoms with van der Waals surface area (Å²) in [6.45, 7) is 5.04. The number of carbonyl (C=O) groups is 3. The normalized spacial score (nSPS) is 23.0. The minimum Gasteiger partial charge on any atom is -0.496 e. The quantitative estimate of drug-likeness (QED) is 0.227. The van der Waals surface area contributed by atoms with Crippen molar-refractivity contribution >= 4 is 40.0 Å². The van der Waals surface area contributed by atoms with E-state index in [0.717, 1.165) is 85.5 Å². The van der Waals surface area contributed by atoms with Crippen LogP contribution in [0.2, 0.25) is 0 Å². The zero-order chi connectivity index (χ0) is 35.9. The van der Waals surface area contributed by atoms with Gasteiger partial charge in [-0.05, 0) is 99.7 Å². The third-order valence-corrected chi connectivity index (χ3v) is 11.7. The minimum absolute atomic E-state index is 0.169. The Morgan fingerprint density at radius 2 is 1.63 bits per heavy atom. The number of piperidine rings is 1. The summed E-state index contributed by atoms with van der Waals surface area (Å²) in [4.78, 5) is 57.7. The second kappa shape index (κ2) is 14.2. The molecule has 4 aliphatic rings. The van der Waals surface area contributed by atoms with E-state index in [4.69, 9.17) is 15.6 Å². The van der Waals surface area contributed by atoms with Crippen LogP contribution in [0.25, 0.3) is 10.9 Å². The van der Waals surface area contributed by atoms with Crippen molar-refractivity contribution in [1.29, 1.82) is 0 Å². The van der Waals surface area contributed by atoms with Gasteiger partial charge >= 0.3 is 0 Å². The zero-order valence-electron chi connectivity index (χ0n) is 29.8. The van der Waals surface area contributed by atoms with Gasteiger partial charge in [-0.3, -0.25) is 28.8 Å². The molecule has 2 saturated heterocycles. The van der Waals surface area contributed by atoms with E-state index in [1.165, 1.54) is 26.4 Å². The molecule has 52 heavy (non-hydrogen) atoms. The van der Waals surface area contributed by atoms with Gasteiger partial charge in [-0.1, -0.05) is 12.1 Å². The van der Waals surface area contributed by atoms with Crippen molar-refractivity contribution < 1.29 is 19.1 Å². The van der Waals surface area contributed by atoms with Crippen LogP contribution in [0.1, 0.15) is 91.7 Å². The fourth-order valence-electron chi connectivity index (χ4n) is 8.48. The number of pyridine rings is 1. The molecule has 2 aromatic carbocycles. The van der Waals surface area contributed by atoms with Gasteiger partial charge in [-0.25, -0.2) is 4.90 Å². The Kier molecular flexibility index (Phi) is 9.33. The van der Waals surface area contributed by atoms with Crippen molar-refractivity contribution in [2.24, 2.45) is 11.7 Å². The number of anilines is 2. The SMILES string of the molecule is COc1cc2nn(C3CCC(CCN4CCN(c5ccc(C6CCC(=O)N(c7cccn(C8CC8)c7=O)C6=O)cc5)CC4)CC3)cc2cc1C(N)=O. The topological polar surface area (TPSA) is 136 Å². The van der Waals surface area contributed by atoms with Gasteiger partial charge in [0.15, 0.2) is 0 Å². The lowest BCUT2D eigenvalue weighted by Gasteiger charge is -2.37. The summed E-state index contributed by atoms with van der Waals surface area (Å²) in [7, 11) is 1.54. The molecule has 1 unspecified atom stereocenters. The molecular weight excluding hydrogens is 658 g/mol. The molecule has 2 aliphatic carbocycles. The molecule has 4 aromatic rings. The molecule has 4 fully saturated rings. The van der Waals surface area contributed by atoms with Gasteiger partial charge in [0.1, 0.15) is 11.4 Å². The molecule has 1 atom stereocenters. The maximum Gasteiger partial charge on any atom is 0.275 e. The summed E-state index contributed by atoms with van der Waals surface area (Å²) < 4.78 is 9.09. The van der Waals surface area contributed by atoms with Crippen LogP contribution in [-0.2, 0) is 9.59 Å². The number of primary amides is 1. The lowest BCUT2D eigenvalue weighted by molar-refractivity contribution is -0.130. The fraction of sp³-hybridized carbons (Fsp3) is 0.475. The molecule has 0 bridgehead atoms. The minimum atomic E-state index is -0.504. The Bertz CT molecular complexity index is 2040. The van der Waals surface area contributed by atoms with Gasteiger partial charge in [-0.15, -0.1) is 0 Å². The summed E-state index contributed by atoms with van der Waals surface area (Å²) in [5, 5.41) is 5.72.